The van der Waals surface area contributed by atoms with Crippen molar-refractivity contribution in [3.63, 3.8) is 0 Å². The lowest BCUT2D eigenvalue weighted by Gasteiger charge is -2.06. The van der Waals surface area contributed by atoms with Crippen LogP contribution in [0.3, 0.4) is 0 Å². The monoisotopic (exact) mass is 355 g/mol. The van der Waals surface area contributed by atoms with Crippen LogP contribution in [0.2, 0.25) is 0 Å². The van der Waals surface area contributed by atoms with E-state index in [1.165, 1.54) is 10.9 Å². The van der Waals surface area contributed by atoms with Crippen molar-refractivity contribution in [2.75, 3.05) is 0 Å². The van der Waals surface area contributed by atoms with Gasteiger partial charge in [-0.2, -0.15) is 0 Å². The molecule has 1 N–H and O–H groups in total. The summed E-state index contributed by atoms with van der Waals surface area (Å²) in [5.74, 6) is -0.345. The molecule has 0 saturated heterocycles. The maximum absolute atomic E-state index is 13.6. The van der Waals surface area contributed by atoms with Gasteiger partial charge in [0, 0.05) is 27.9 Å². The van der Waals surface area contributed by atoms with Crippen molar-refractivity contribution in [1.29, 1.82) is 0 Å². The number of carbonyl (C=O) groups excluding carboxylic acids is 1. The molecule has 1 heterocycles. The predicted molar refractivity (Wildman–Crippen MR) is 83.2 cm³/mol. The third kappa shape index (κ3) is 4.72. The van der Waals surface area contributed by atoms with Crippen LogP contribution in [0.25, 0.3) is 0 Å². The summed E-state index contributed by atoms with van der Waals surface area (Å²) in [6.45, 7) is 0.233. The van der Waals surface area contributed by atoms with Gasteiger partial charge in [-0.1, -0.05) is 28.1 Å². The van der Waals surface area contributed by atoms with Crippen molar-refractivity contribution in [2.45, 2.75) is 25.8 Å². The second-order valence-corrected chi connectivity index (χ2v) is 6.39. The molecular formula is C15H15BrFNOS. The summed E-state index contributed by atoms with van der Waals surface area (Å²) in [4.78, 5) is 13.0. The van der Waals surface area contributed by atoms with Crippen LogP contribution < -0.4 is 5.32 Å². The molecular weight excluding hydrogens is 341 g/mol. The number of carbonyl (C=O) groups is 1. The Labute approximate surface area is 130 Å². The van der Waals surface area contributed by atoms with E-state index in [4.69, 9.17) is 0 Å². The number of hydrogen-bond acceptors (Lipinski definition) is 2. The summed E-state index contributed by atoms with van der Waals surface area (Å²) in [7, 11) is 0. The summed E-state index contributed by atoms with van der Waals surface area (Å²) in [6.07, 6.45) is 2.20. The van der Waals surface area contributed by atoms with Gasteiger partial charge in [-0.3, -0.25) is 4.79 Å². The van der Waals surface area contributed by atoms with Crippen molar-refractivity contribution in [2.24, 2.45) is 0 Å². The first kappa shape index (κ1) is 15.2. The van der Waals surface area contributed by atoms with Gasteiger partial charge in [-0.15, -0.1) is 11.3 Å². The Hall–Kier alpha value is -1.20. The fourth-order valence-electron chi connectivity index (χ4n) is 1.83. The minimum Gasteiger partial charge on any atom is -0.352 e. The van der Waals surface area contributed by atoms with Crippen LogP contribution in [0.4, 0.5) is 4.39 Å². The first-order valence-electron chi connectivity index (χ1n) is 6.38. The molecule has 0 radical (unpaired) electrons. The largest absolute Gasteiger partial charge is 0.352 e. The zero-order valence-corrected chi connectivity index (χ0v) is 13.3. The van der Waals surface area contributed by atoms with Gasteiger partial charge < -0.3 is 5.32 Å². The van der Waals surface area contributed by atoms with E-state index in [0.29, 0.717) is 16.5 Å². The van der Waals surface area contributed by atoms with Crippen molar-refractivity contribution >= 4 is 33.2 Å². The molecule has 2 aromatic rings. The highest BCUT2D eigenvalue weighted by molar-refractivity contribution is 9.10. The Morgan fingerprint density at radius 2 is 2.20 bits per heavy atom. The zero-order valence-electron chi connectivity index (χ0n) is 10.9. The van der Waals surface area contributed by atoms with Crippen molar-refractivity contribution in [3.05, 3.63) is 56.4 Å². The number of nitrogens with one attached hydrogen (secondary N) is 1. The smallest absolute Gasteiger partial charge is 0.220 e. The van der Waals surface area contributed by atoms with E-state index in [1.54, 1.807) is 23.5 Å². The lowest BCUT2D eigenvalue weighted by molar-refractivity contribution is -0.121. The molecule has 0 spiro atoms. The Balaban J connectivity index is 1.72. The maximum Gasteiger partial charge on any atom is 0.220 e. The van der Waals surface area contributed by atoms with E-state index in [1.807, 2.05) is 11.4 Å². The third-order valence-electron chi connectivity index (χ3n) is 2.90. The Bertz CT molecular complexity index is 571. The minimum atomic E-state index is -0.307. The number of rotatable bonds is 6. The fourth-order valence-corrected chi connectivity index (χ4v) is 2.91. The van der Waals surface area contributed by atoms with Gasteiger partial charge in [0.15, 0.2) is 0 Å². The van der Waals surface area contributed by atoms with Crippen molar-refractivity contribution < 1.29 is 9.18 Å². The maximum atomic E-state index is 13.6. The van der Waals surface area contributed by atoms with Crippen LogP contribution in [0.5, 0.6) is 0 Å². The van der Waals surface area contributed by atoms with Gasteiger partial charge in [0.25, 0.3) is 0 Å². The molecule has 1 amide bonds. The van der Waals surface area contributed by atoms with E-state index >= 15 is 0 Å². The minimum absolute atomic E-state index is 0.0381. The molecule has 2 nitrogen and oxygen atoms in total. The van der Waals surface area contributed by atoms with Crippen LogP contribution in [0.15, 0.2) is 40.2 Å². The lowest BCUT2D eigenvalue weighted by Crippen LogP contribution is -2.23. The van der Waals surface area contributed by atoms with Gasteiger partial charge >= 0.3 is 0 Å². The summed E-state index contributed by atoms with van der Waals surface area (Å²) >= 11 is 4.91. The van der Waals surface area contributed by atoms with E-state index in [-0.39, 0.29) is 18.3 Å². The van der Waals surface area contributed by atoms with Crippen LogP contribution in [0, 0.1) is 5.82 Å². The Kier molecular flexibility index (Phi) is 5.73. The number of amides is 1. The Morgan fingerprint density at radius 1 is 1.35 bits per heavy atom. The summed E-state index contributed by atoms with van der Waals surface area (Å²) in [5.41, 5.74) is 0.500. The highest BCUT2D eigenvalue weighted by Gasteiger charge is 2.06. The molecule has 0 bridgehead atoms. The average Bonchev–Trinajstić information content (AvgIpc) is 2.91. The van der Waals surface area contributed by atoms with E-state index < -0.39 is 0 Å². The van der Waals surface area contributed by atoms with Crippen LogP contribution in [-0.2, 0) is 17.8 Å². The van der Waals surface area contributed by atoms with Crippen molar-refractivity contribution in [1.82, 2.24) is 5.32 Å². The number of benzene rings is 1. The van der Waals surface area contributed by atoms with Gasteiger partial charge in [-0.05, 0) is 36.4 Å². The number of hydrogen-bond donors (Lipinski definition) is 1. The van der Waals surface area contributed by atoms with Gasteiger partial charge in [0.1, 0.15) is 5.82 Å². The molecule has 0 aliphatic heterocycles. The van der Waals surface area contributed by atoms with Crippen LogP contribution in [-0.4, -0.2) is 5.91 Å². The lowest BCUT2D eigenvalue weighted by atomic mass is 10.2. The van der Waals surface area contributed by atoms with Gasteiger partial charge in [0.05, 0.1) is 0 Å². The van der Waals surface area contributed by atoms with E-state index in [2.05, 4.69) is 27.3 Å². The second-order valence-electron chi connectivity index (χ2n) is 4.45. The first-order valence-corrected chi connectivity index (χ1v) is 8.05. The predicted octanol–water partition coefficient (Wildman–Crippen LogP) is 4.29. The molecule has 20 heavy (non-hydrogen) atoms. The molecule has 5 heteroatoms. The SMILES string of the molecule is O=C(CCCc1cccs1)NCc1ccc(Br)cc1F. The summed E-state index contributed by atoms with van der Waals surface area (Å²) < 4.78 is 14.3. The number of thiophene rings is 1. The molecule has 0 atom stereocenters. The van der Waals surface area contributed by atoms with E-state index in [9.17, 15) is 9.18 Å². The molecule has 0 fully saturated rings. The molecule has 2 rings (SSSR count). The highest BCUT2D eigenvalue weighted by atomic mass is 79.9. The normalized spacial score (nSPS) is 10.5. The molecule has 1 aromatic carbocycles. The average molecular weight is 356 g/mol. The number of aryl methyl sites for hydroxylation is 1. The van der Waals surface area contributed by atoms with E-state index in [0.717, 1.165) is 12.8 Å². The van der Waals surface area contributed by atoms with Crippen LogP contribution >= 0.6 is 27.3 Å². The summed E-state index contributed by atoms with van der Waals surface area (Å²) in [6, 6.07) is 8.92. The zero-order chi connectivity index (χ0) is 14.4. The number of halogens is 2. The topological polar surface area (TPSA) is 29.1 Å². The second kappa shape index (κ2) is 7.55. The van der Waals surface area contributed by atoms with Crippen molar-refractivity contribution in [3.8, 4) is 0 Å². The van der Waals surface area contributed by atoms with Gasteiger partial charge in [-0.25, -0.2) is 4.39 Å². The molecule has 0 unspecified atom stereocenters. The first-order chi connectivity index (χ1) is 9.65. The molecule has 0 saturated carbocycles. The van der Waals surface area contributed by atoms with Crippen LogP contribution in [0.1, 0.15) is 23.3 Å². The molecule has 0 aliphatic rings. The standard InChI is InChI=1S/C15H15BrFNOS/c16-12-7-6-11(14(17)9-12)10-18-15(19)5-1-3-13-4-2-8-20-13/h2,4,6-9H,1,3,5,10H2,(H,18,19). The Morgan fingerprint density at radius 3 is 2.90 bits per heavy atom. The molecule has 1 aromatic heterocycles. The highest BCUT2D eigenvalue weighted by Crippen LogP contribution is 2.15. The molecule has 0 aliphatic carbocycles. The fraction of sp³-hybridized carbons (Fsp3) is 0.267. The summed E-state index contributed by atoms with van der Waals surface area (Å²) in [5, 5.41) is 4.78. The quantitative estimate of drug-likeness (QED) is 0.822. The van der Waals surface area contributed by atoms with Gasteiger partial charge in [0.2, 0.25) is 5.91 Å². The third-order valence-corrected chi connectivity index (χ3v) is 4.33. The molecule has 106 valence electrons.